The number of piperidine rings is 1. The molecule has 1 fully saturated rings. The van der Waals surface area contributed by atoms with Crippen LogP contribution in [0.15, 0.2) is 41.2 Å². The highest BCUT2D eigenvalue weighted by Crippen LogP contribution is 2.28. The number of hydrogen-bond donors (Lipinski definition) is 0. The van der Waals surface area contributed by atoms with Crippen molar-refractivity contribution in [2.45, 2.75) is 39.2 Å². The van der Waals surface area contributed by atoms with E-state index in [1.54, 1.807) is 12.4 Å². The van der Waals surface area contributed by atoms with Gasteiger partial charge in [-0.2, -0.15) is 4.98 Å². The molecule has 1 saturated heterocycles. The molecule has 0 amide bonds. The highest BCUT2D eigenvalue weighted by atomic mass is 16.5. The minimum atomic E-state index is 0.347. The van der Waals surface area contributed by atoms with Crippen molar-refractivity contribution in [3.8, 4) is 11.6 Å². The van der Waals surface area contributed by atoms with Gasteiger partial charge in [0.2, 0.25) is 0 Å². The first-order valence-electron chi connectivity index (χ1n) is 9.08. The Hall–Kier alpha value is -2.60. The number of nitrogens with zero attached hydrogens (tertiary/aromatic N) is 5. The molecule has 3 heterocycles. The van der Waals surface area contributed by atoms with Gasteiger partial charge in [-0.25, -0.2) is 4.98 Å². The molecule has 0 unspecified atom stereocenters. The summed E-state index contributed by atoms with van der Waals surface area (Å²) in [5.74, 6) is 1.59. The lowest BCUT2D eigenvalue weighted by Crippen LogP contribution is -2.32. The summed E-state index contributed by atoms with van der Waals surface area (Å²) in [7, 11) is 0. The fourth-order valence-corrected chi connectivity index (χ4v) is 3.31. The molecule has 134 valence electrons. The summed E-state index contributed by atoms with van der Waals surface area (Å²) >= 11 is 0. The molecule has 1 aliphatic heterocycles. The van der Waals surface area contributed by atoms with Gasteiger partial charge in [0.05, 0.1) is 11.9 Å². The van der Waals surface area contributed by atoms with E-state index in [4.69, 9.17) is 4.52 Å². The zero-order valence-corrected chi connectivity index (χ0v) is 15.2. The second-order valence-corrected chi connectivity index (χ2v) is 7.04. The Balaban J connectivity index is 1.36. The van der Waals surface area contributed by atoms with E-state index in [1.165, 1.54) is 11.1 Å². The Morgan fingerprint density at radius 2 is 1.81 bits per heavy atom. The molecule has 4 rings (SSSR count). The van der Waals surface area contributed by atoms with Gasteiger partial charge in [0, 0.05) is 18.7 Å². The van der Waals surface area contributed by atoms with Crippen molar-refractivity contribution in [3.63, 3.8) is 0 Å². The first kappa shape index (κ1) is 16.8. The predicted molar refractivity (Wildman–Crippen MR) is 98.5 cm³/mol. The summed E-state index contributed by atoms with van der Waals surface area (Å²) in [5, 5.41) is 4.18. The molecule has 0 aliphatic carbocycles. The Labute approximate surface area is 153 Å². The third-order valence-corrected chi connectivity index (χ3v) is 4.92. The Morgan fingerprint density at radius 1 is 1.04 bits per heavy atom. The summed E-state index contributed by atoms with van der Waals surface area (Å²) < 4.78 is 5.40. The fraction of sp³-hybridized carbons (Fsp3) is 0.400. The van der Waals surface area contributed by atoms with Gasteiger partial charge < -0.3 is 4.52 Å². The molecule has 6 heteroatoms. The average Bonchev–Trinajstić information content (AvgIpc) is 3.15. The summed E-state index contributed by atoms with van der Waals surface area (Å²) in [6.45, 7) is 7.13. The van der Waals surface area contributed by atoms with Gasteiger partial charge in [-0.1, -0.05) is 35.0 Å². The Bertz CT molecular complexity index is 849. The van der Waals surface area contributed by atoms with Crippen LogP contribution in [-0.2, 0) is 6.54 Å². The minimum absolute atomic E-state index is 0.347. The van der Waals surface area contributed by atoms with Crippen molar-refractivity contribution < 1.29 is 4.52 Å². The lowest BCUT2D eigenvalue weighted by molar-refractivity contribution is 0.200. The van der Waals surface area contributed by atoms with Crippen molar-refractivity contribution in [1.82, 2.24) is 25.0 Å². The van der Waals surface area contributed by atoms with E-state index in [0.717, 1.165) is 44.0 Å². The molecule has 2 aromatic heterocycles. The van der Waals surface area contributed by atoms with Crippen molar-refractivity contribution in [3.05, 3.63) is 59.3 Å². The van der Waals surface area contributed by atoms with Crippen LogP contribution in [0.2, 0.25) is 0 Å². The Kier molecular flexibility index (Phi) is 4.75. The average molecular weight is 349 g/mol. The third kappa shape index (κ3) is 3.80. The zero-order valence-electron chi connectivity index (χ0n) is 15.2. The molecule has 0 radical (unpaired) electrons. The van der Waals surface area contributed by atoms with E-state index in [1.807, 2.05) is 6.92 Å². The van der Waals surface area contributed by atoms with Crippen LogP contribution in [0.5, 0.6) is 0 Å². The van der Waals surface area contributed by atoms with E-state index < -0.39 is 0 Å². The van der Waals surface area contributed by atoms with Crippen molar-refractivity contribution >= 4 is 0 Å². The van der Waals surface area contributed by atoms with E-state index >= 15 is 0 Å². The summed E-state index contributed by atoms with van der Waals surface area (Å²) in [5.41, 5.74) is 4.17. The molecule has 3 aromatic rings. The van der Waals surface area contributed by atoms with Crippen LogP contribution in [0.1, 0.15) is 41.4 Å². The SMILES string of the molecule is Cc1ccc(CN2CCC(c3noc(-c4cnc(C)cn4)n3)CC2)cc1. The van der Waals surface area contributed by atoms with Gasteiger partial charge >= 0.3 is 0 Å². The molecular weight excluding hydrogens is 326 g/mol. The Morgan fingerprint density at radius 3 is 2.50 bits per heavy atom. The first-order chi connectivity index (χ1) is 12.7. The lowest BCUT2D eigenvalue weighted by atomic mass is 9.96. The van der Waals surface area contributed by atoms with Crippen molar-refractivity contribution in [2.24, 2.45) is 0 Å². The number of aryl methyl sites for hydroxylation is 2. The number of likely N-dealkylation sites (tertiary alicyclic amines) is 1. The topological polar surface area (TPSA) is 67.9 Å². The third-order valence-electron chi connectivity index (χ3n) is 4.92. The van der Waals surface area contributed by atoms with Crippen LogP contribution in [-0.4, -0.2) is 38.1 Å². The zero-order chi connectivity index (χ0) is 17.9. The molecule has 6 nitrogen and oxygen atoms in total. The maximum atomic E-state index is 5.40. The van der Waals surface area contributed by atoms with E-state index in [9.17, 15) is 0 Å². The van der Waals surface area contributed by atoms with E-state index in [2.05, 4.69) is 56.2 Å². The quantitative estimate of drug-likeness (QED) is 0.718. The van der Waals surface area contributed by atoms with Gasteiger partial charge in [0.15, 0.2) is 5.82 Å². The van der Waals surface area contributed by atoms with E-state index in [-0.39, 0.29) is 0 Å². The molecule has 0 N–H and O–H groups in total. The maximum Gasteiger partial charge on any atom is 0.278 e. The summed E-state index contributed by atoms with van der Waals surface area (Å²) in [4.78, 5) is 15.6. The van der Waals surface area contributed by atoms with E-state index in [0.29, 0.717) is 17.5 Å². The smallest absolute Gasteiger partial charge is 0.278 e. The van der Waals surface area contributed by atoms with Crippen LogP contribution in [0.4, 0.5) is 0 Å². The van der Waals surface area contributed by atoms with Crippen LogP contribution < -0.4 is 0 Å². The second kappa shape index (κ2) is 7.33. The van der Waals surface area contributed by atoms with Crippen LogP contribution >= 0.6 is 0 Å². The lowest BCUT2D eigenvalue weighted by Gasteiger charge is -2.30. The number of hydrogen-bond acceptors (Lipinski definition) is 6. The normalized spacial score (nSPS) is 16.1. The van der Waals surface area contributed by atoms with Crippen LogP contribution in [0, 0.1) is 13.8 Å². The molecule has 0 saturated carbocycles. The maximum absolute atomic E-state index is 5.40. The number of rotatable bonds is 4. The van der Waals surface area contributed by atoms with Crippen LogP contribution in [0.25, 0.3) is 11.6 Å². The monoisotopic (exact) mass is 349 g/mol. The van der Waals surface area contributed by atoms with Gasteiger partial charge in [-0.3, -0.25) is 9.88 Å². The predicted octanol–water partition coefficient (Wildman–Crippen LogP) is 3.52. The van der Waals surface area contributed by atoms with Crippen molar-refractivity contribution in [2.75, 3.05) is 13.1 Å². The minimum Gasteiger partial charge on any atom is -0.332 e. The van der Waals surface area contributed by atoms with Gasteiger partial charge in [-0.05, 0) is 45.3 Å². The first-order valence-corrected chi connectivity index (χ1v) is 9.08. The highest BCUT2D eigenvalue weighted by Gasteiger charge is 2.25. The summed E-state index contributed by atoms with van der Waals surface area (Å²) in [6.07, 6.45) is 5.48. The fourth-order valence-electron chi connectivity index (χ4n) is 3.31. The van der Waals surface area contributed by atoms with Gasteiger partial charge in [0.1, 0.15) is 5.69 Å². The molecular formula is C20H23N5O. The van der Waals surface area contributed by atoms with Crippen molar-refractivity contribution in [1.29, 1.82) is 0 Å². The molecule has 26 heavy (non-hydrogen) atoms. The molecule has 0 spiro atoms. The molecule has 0 atom stereocenters. The largest absolute Gasteiger partial charge is 0.332 e. The standard InChI is InChI=1S/C20H23N5O/c1-14-3-5-16(6-4-14)13-25-9-7-17(8-10-25)19-23-20(26-24-19)18-12-21-15(2)11-22-18/h3-6,11-12,17H,7-10,13H2,1-2H3. The van der Waals surface area contributed by atoms with Gasteiger partial charge in [0.25, 0.3) is 5.89 Å². The molecule has 0 bridgehead atoms. The van der Waals surface area contributed by atoms with Crippen LogP contribution in [0.3, 0.4) is 0 Å². The number of aromatic nitrogens is 4. The second-order valence-electron chi connectivity index (χ2n) is 7.04. The van der Waals surface area contributed by atoms with Gasteiger partial charge in [-0.15, -0.1) is 0 Å². The number of benzene rings is 1. The molecule has 1 aromatic carbocycles. The molecule has 1 aliphatic rings. The summed E-state index contributed by atoms with van der Waals surface area (Å²) in [6, 6.07) is 8.79. The highest BCUT2D eigenvalue weighted by molar-refractivity contribution is 5.44.